The summed E-state index contributed by atoms with van der Waals surface area (Å²) in [6, 6.07) is 15.7. The fourth-order valence-electron chi connectivity index (χ4n) is 2.79. The predicted octanol–water partition coefficient (Wildman–Crippen LogP) is 2.95. The molecule has 0 saturated carbocycles. The molecule has 0 aliphatic rings. The third-order valence-corrected chi connectivity index (χ3v) is 5.19. The van der Waals surface area contributed by atoms with E-state index in [0.29, 0.717) is 11.7 Å². The second-order valence-corrected chi connectivity index (χ2v) is 7.35. The van der Waals surface area contributed by atoms with Gasteiger partial charge in [-0.25, -0.2) is 9.67 Å². The first-order chi connectivity index (χ1) is 14.2. The van der Waals surface area contributed by atoms with E-state index in [9.17, 15) is 4.79 Å². The molecule has 0 spiro atoms. The summed E-state index contributed by atoms with van der Waals surface area (Å²) in [4.78, 5) is 16.5. The van der Waals surface area contributed by atoms with Crippen molar-refractivity contribution in [2.45, 2.75) is 18.6 Å². The van der Waals surface area contributed by atoms with Crippen LogP contribution in [-0.2, 0) is 11.3 Å². The van der Waals surface area contributed by atoms with E-state index in [4.69, 9.17) is 0 Å². The van der Waals surface area contributed by atoms with Crippen LogP contribution < -0.4 is 5.32 Å². The Morgan fingerprint density at radius 3 is 2.72 bits per heavy atom. The van der Waals surface area contributed by atoms with Gasteiger partial charge in [-0.05, 0) is 30.7 Å². The Hall–Kier alpha value is -3.46. The van der Waals surface area contributed by atoms with Gasteiger partial charge in [0.2, 0.25) is 5.91 Å². The highest BCUT2D eigenvalue weighted by Crippen LogP contribution is 2.21. The molecule has 4 aromatic rings. The Bertz CT molecular complexity index is 1090. The number of nitrogens with one attached hydrogen (secondary N) is 1. The van der Waals surface area contributed by atoms with Crippen LogP contribution in [0.15, 0.2) is 72.7 Å². The Morgan fingerprint density at radius 2 is 1.93 bits per heavy atom. The first kappa shape index (κ1) is 18.9. The summed E-state index contributed by atoms with van der Waals surface area (Å²) in [6.07, 6.45) is 4.78. The summed E-state index contributed by atoms with van der Waals surface area (Å²) in [5.41, 5.74) is 3.86. The lowest BCUT2D eigenvalue weighted by atomic mass is 10.2. The van der Waals surface area contributed by atoms with E-state index in [1.54, 1.807) is 17.3 Å². The van der Waals surface area contributed by atoms with Gasteiger partial charge in [0.25, 0.3) is 0 Å². The number of thioether (sulfide) groups is 1. The number of hydrogen-bond donors (Lipinski definition) is 1. The van der Waals surface area contributed by atoms with Crippen LogP contribution in [0.1, 0.15) is 11.1 Å². The van der Waals surface area contributed by atoms with Crippen LogP contribution in [0, 0.1) is 6.92 Å². The third kappa shape index (κ3) is 4.69. The van der Waals surface area contributed by atoms with Crippen molar-refractivity contribution in [2.24, 2.45) is 0 Å². The number of carbonyl (C=O) groups excluding carboxylic acids is 1. The molecule has 0 atom stereocenters. The lowest BCUT2D eigenvalue weighted by Gasteiger charge is -2.11. The minimum atomic E-state index is -0.112. The first-order valence-corrected chi connectivity index (χ1v) is 9.97. The fraction of sp³-hybridized carbons (Fsp3) is 0.150. The molecule has 2 aromatic carbocycles. The molecule has 0 saturated heterocycles. The van der Waals surface area contributed by atoms with E-state index in [0.717, 1.165) is 16.9 Å². The quantitative estimate of drug-likeness (QED) is 0.476. The van der Waals surface area contributed by atoms with Crippen LogP contribution in [-0.4, -0.2) is 41.2 Å². The minimum Gasteiger partial charge on any atom is -0.325 e. The van der Waals surface area contributed by atoms with E-state index < -0.39 is 0 Å². The maximum atomic E-state index is 12.5. The van der Waals surface area contributed by atoms with Gasteiger partial charge in [0, 0.05) is 11.4 Å². The van der Waals surface area contributed by atoms with Gasteiger partial charge in [-0.15, -0.1) is 10.2 Å². The number of anilines is 1. The normalized spacial score (nSPS) is 10.8. The second kappa shape index (κ2) is 8.70. The molecular weight excluding hydrogens is 386 g/mol. The molecule has 2 heterocycles. The van der Waals surface area contributed by atoms with Gasteiger partial charge in [0.1, 0.15) is 19.0 Å². The highest BCUT2D eigenvalue weighted by atomic mass is 32.2. The van der Waals surface area contributed by atoms with Crippen LogP contribution in [0.5, 0.6) is 0 Å². The molecule has 8 nitrogen and oxygen atoms in total. The monoisotopic (exact) mass is 405 g/mol. The molecule has 0 radical (unpaired) electrons. The smallest absolute Gasteiger partial charge is 0.234 e. The Balaban J connectivity index is 1.41. The van der Waals surface area contributed by atoms with Gasteiger partial charge in [-0.3, -0.25) is 9.36 Å². The van der Waals surface area contributed by atoms with Crippen molar-refractivity contribution in [3.05, 3.63) is 78.6 Å². The molecule has 1 amide bonds. The lowest BCUT2D eigenvalue weighted by Crippen LogP contribution is -2.16. The van der Waals surface area contributed by atoms with Crippen molar-refractivity contribution in [3.63, 3.8) is 0 Å². The third-order valence-electron chi connectivity index (χ3n) is 4.25. The lowest BCUT2D eigenvalue weighted by molar-refractivity contribution is -0.113. The first-order valence-electron chi connectivity index (χ1n) is 8.99. The summed E-state index contributed by atoms with van der Waals surface area (Å²) >= 11 is 1.34. The molecule has 0 bridgehead atoms. The molecule has 0 aliphatic carbocycles. The van der Waals surface area contributed by atoms with Crippen molar-refractivity contribution < 1.29 is 4.79 Å². The van der Waals surface area contributed by atoms with Gasteiger partial charge in [-0.2, -0.15) is 5.10 Å². The van der Waals surface area contributed by atoms with Gasteiger partial charge < -0.3 is 5.32 Å². The molecule has 4 rings (SSSR count). The van der Waals surface area contributed by atoms with Gasteiger partial charge in [-0.1, -0.05) is 47.7 Å². The van der Waals surface area contributed by atoms with Crippen molar-refractivity contribution in [1.82, 2.24) is 29.5 Å². The zero-order chi connectivity index (χ0) is 20.1. The molecule has 0 fully saturated rings. The molecule has 0 aliphatic heterocycles. The van der Waals surface area contributed by atoms with E-state index in [1.807, 2.05) is 60.0 Å². The van der Waals surface area contributed by atoms with Crippen LogP contribution in [0.3, 0.4) is 0 Å². The molecule has 29 heavy (non-hydrogen) atoms. The topological polar surface area (TPSA) is 90.5 Å². The largest absolute Gasteiger partial charge is 0.325 e. The number of carbonyl (C=O) groups is 1. The maximum Gasteiger partial charge on any atom is 0.234 e. The molecular formula is C20H19N7OS. The highest BCUT2D eigenvalue weighted by molar-refractivity contribution is 7.99. The average molecular weight is 405 g/mol. The number of rotatable bonds is 7. The van der Waals surface area contributed by atoms with E-state index >= 15 is 0 Å². The molecule has 0 unspecified atom stereocenters. The minimum absolute atomic E-state index is 0.112. The van der Waals surface area contributed by atoms with Crippen LogP contribution in [0.25, 0.3) is 5.69 Å². The van der Waals surface area contributed by atoms with Crippen LogP contribution in [0.4, 0.5) is 5.69 Å². The van der Waals surface area contributed by atoms with Crippen LogP contribution >= 0.6 is 11.8 Å². The molecule has 146 valence electrons. The van der Waals surface area contributed by atoms with E-state index in [-0.39, 0.29) is 11.7 Å². The van der Waals surface area contributed by atoms with Crippen molar-refractivity contribution >= 4 is 23.4 Å². The highest BCUT2D eigenvalue weighted by Gasteiger charge is 2.12. The second-order valence-electron chi connectivity index (χ2n) is 6.41. The molecule has 2 aromatic heterocycles. The number of nitrogens with zero attached hydrogens (tertiary/aromatic N) is 6. The average Bonchev–Trinajstić information content (AvgIpc) is 3.40. The zero-order valence-electron chi connectivity index (χ0n) is 15.8. The Morgan fingerprint density at radius 1 is 1.10 bits per heavy atom. The number of benzene rings is 2. The van der Waals surface area contributed by atoms with Gasteiger partial charge in [0.05, 0.1) is 12.3 Å². The molecule has 9 heteroatoms. The van der Waals surface area contributed by atoms with Crippen LogP contribution in [0.2, 0.25) is 0 Å². The van der Waals surface area contributed by atoms with Crippen molar-refractivity contribution in [2.75, 3.05) is 11.1 Å². The van der Waals surface area contributed by atoms with Gasteiger partial charge >= 0.3 is 0 Å². The SMILES string of the molecule is Cc1ccc(-n2cnnc2SCC(=O)Nc2ccccc2Cn2cncn2)cc1. The van der Waals surface area contributed by atoms with E-state index in [2.05, 4.69) is 25.6 Å². The number of para-hydroxylation sites is 1. The predicted molar refractivity (Wildman–Crippen MR) is 111 cm³/mol. The zero-order valence-corrected chi connectivity index (χ0v) is 16.6. The summed E-state index contributed by atoms with van der Waals surface area (Å²) in [5.74, 6) is 0.113. The van der Waals surface area contributed by atoms with Gasteiger partial charge in [0.15, 0.2) is 5.16 Å². The summed E-state index contributed by atoms with van der Waals surface area (Å²) in [5, 5.41) is 15.9. The summed E-state index contributed by atoms with van der Waals surface area (Å²) in [6.45, 7) is 2.57. The molecule has 1 N–H and O–H groups in total. The number of aryl methyl sites for hydroxylation is 1. The summed E-state index contributed by atoms with van der Waals surface area (Å²) in [7, 11) is 0. The number of hydrogen-bond acceptors (Lipinski definition) is 6. The van der Waals surface area contributed by atoms with Crippen molar-refractivity contribution in [3.8, 4) is 5.69 Å². The fourth-order valence-corrected chi connectivity index (χ4v) is 3.52. The maximum absolute atomic E-state index is 12.5. The standard InChI is InChI=1S/C20H19N7OS/c1-15-6-8-17(9-7-15)27-14-22-25-20(27)29-11-19(28)24-18-5-3-2-4-16(18)10-26-13-21-12-23-26/h2-9,12-14H,10-11H2,1H3,(H,24,28). The number of aromatic nitrogens is 6. The van der Waals surface area contributed by atoms with E-state index in [1.165, 1.54) is 23.7 Å². The Kier molecular flexibility index (Phi) is 5.66. The van der Waals surface area contributed by atoms with Crippen molar-refractivity contribution in [1.29, 1.82) is 0 Å². The summed E-state index contributed by atoms with van der Waals surface area (Å²) < 4.78 is 3.58. The Labute approximate surface area is 172 Å². The number of amides is 1.